The van der Waals surface area contributed by atoms with E-state index in [0.717, 1.165) is 0 Å². The first kappa shape index (κ1) is 13.4. The van der Waals surface area contributed by atoms with Gasteiger partial charge in [-0.15, -0.1) is 0 Å². The van der Waals surface area contributed by atoms with Crippen LogP contribution in [0.15, 0.2) is 42.5 Å². The van der Waals surface area contributed by atoms with Crippen molar-refractivity contribution >= 4 is 23.3 Å². The van der Waals surface area contributed by atoms with Crippen LogP contribution >= 0.6 is 0 Å². The number of aromatic carboxylic acids is 1. The van der Waals surface area contributed by atoms with Crippen LogP contribution in [0.1, 0.15) is 20.7 Å². The van der Waals surface area contributed by atoms with E-state index in [1.165, 1.54) is 42.5 Å². The molecule has 2 aromatic rings. The maximum Gasteiger partial charge on any atom is 0.337 e. The van der Waals surface area contributed by atoms with Crippen molar-refractivity contribution < 1.29 is 19.8 Å². The van der Waals surface area contributed by atoms with Crippen molar-refractivity contribution in [1.29, 1.82) is 0 Å². The van der Waals surface area contributed by atoms with Gasteiger partial charge in [0.1, 0.15) is 5.75 Å². The topological polar surface area (TPSA) is 113 Å². The van der Waals surface area contributed by atoms with E-state index in [4.69, 9.17) is 15.9 Å². The standard InChI is InChI=1S/C14H12N2O4/c15-9-3-6-11(14(19)20)12(7-9)16-13(18)8-1-4-10(17)5-2-8/h1-7,17H,15H2,(H,16,18)(H,19,20). The first-order valence-corrected chi connectivity index (χ1v) is 5.70. The Morgan fingerprint density at radius 3 is 2.30 bits per heavy atom. The number of rotatable bonds is 3. The Labute approximate surface area is 114 Å². The molecule has 0 spiro atoms. The number of hydrogen-bond donors (Lipinski definition) is 4. The highest BCUT2D eigenvalue weighted by atomic mass is 16.4. The average molecular weight is 272 g/mol. The van der Waals surface area contributed by atoms with Crippen LogP contribution in [0.4, 0.5) is 11.4 Å². The molecule has 102 valence electrons. The third-order valence-electron chi connectivity index (χ3n) is 2.65. The summed E-state index contributed by atoms with van der Waals surface area (Å²) < 4.78 is 0. The summed E-state index contributed by atoms with van der Waals surface area (Å²) in [6.45, 7) is 0. The van der Waals surface area contributed by atoms with Gasteiger partial charge < -0.3 is 21.3 Å². The fraction of sp³-hybridized carbons (Fsp3) is 0. The summed E-state index contributed by atoms with van der Waals surface area (Å²) in [6, 6.07) is 9.74. The highest BCUT2D eigenvalue weighted by Gasteiger charge is 2.13. The molecule has 0 saturated heterocycles. The molecule has 0 heterocycles. The van der Waals surface area contributed by atoms with E-state index in [-0.39, 0.29) is 17.0 Å². The van der Waals surface area contributed by atoms with Gasteiger partial charge in [-0.1, -0.05) is 0 Å². The van der Waals surface area contributed by atoms with E-state index >= 15 is 0 Å². The molecular weight excluding hydrogens is 260 g/mol. The zero-order valence-electron chi connectivity index (χ0n) is 10.3. The Morgan fingerprint density at radius 2 is 1.70 bits per heavy atom. The predicted octanol–water partition coefficient (Wildman–Crippen LogP) is 1.92. The molecule has 0 aromatic heterocycles. The maximum absolute atomic E-state index is 12.0. The minimum atomic E-state index is -1.16. The fourth-order valence-corrected chi connectivity index (χ4v) is 1.66. The molecule has 6 heteroatoms. The van der Waals surface area contributed by atoms with Crippen LogP contribution in [0.2, 0.25) is 0 Å². The van der Waals surface area contributed by atoms with Crippen LogP contribution in [0.3, 0.4) is 0 Å². The molecule has 2 aromatic carbocycles. The number of nitrogens with one attached hydrogen (secondary N) is 1. The number of anilines is 2. The van der Waals surface area contributed by atoms with Gasteiger partial charge in [0.15, 0.2) is 0 Å². The van der Waals surface area contributed by atoms with E-state index in [9.17, 15) is 9.59 Å². The van der Waals surface area contributed by atoms with Gasteiger partial charge in [-0.25, -0.2) is 4.79 Å². The number of aromatic hydroxyl groups is 1. The number of carbonyl (C=O) groups is 2. The molecule has 6 nitrogen and oxygen atoms in total. The Morgan fingerprint density at radius 1 is 1.05 bits per heavy atom. The van der Waals surface area contributed by atoms with Crippen molar-refractivity contribution in [3.05, 3.63) is 53.6 Å². The van der Waals surface area contributed by atoms with Crippen LogP contribution in [0.5, 0.6) is 5.75 Å². The van der Waals surface area contributed by atoms with Gasteiger partial charge in [0.05, 0.1) is 11.3 Å². The zero-order valence-corrected chi connectivity index (χ0v) is 10.3. The van der Waals surface area contributed by atoms with E-state index < -0.39 is 11.9 Å². The first-order chi connectivity index (χ1) is 9.47. The number of carboxylic acids is 1. The average Bonchev–Trinajstić information content (AvgIpc) is 2.39. The van der Waals surface area contributed by atoms with Crippen molar-refractivity contribution in [3.63, 3.8) is 0 Å². The largest absolute Gasteiger partial charge is 0.508 e. The summed E-state index contributed by atoms with van der Waals surface area (Å²) in [6.07, 6.45) is 0. The molecule has 5 N–H and O–H groups in total. The van der Waals surface area contributed by atoms with Crippen molar-refractivity contribution in [3.8, 4) is 5.75 Å². The zero-order chi connectivity index (χ0) is 14.7. The second kappa shape index (κ2) is 5.31. The summed E-state index contributed by atoms with van der Waals surface area (Å²) in [5, 5.41) is 20.7. The van der Waals surface area contributed by atoms with Gasteiger partial charge in [0, 0.05) is 11.3 Å². The molecule has 0 saturated carbocycles. The molecular formula is C14H12N2O4. The quantitative estimate of drug-likeness (QED) is 0.638. The van der Waals surface area contributed by atoms with Crippen LogP contribution in [0.25, 0.3) is 0 Å². The van der Waals surface area contributed by atoms with Gasteiger partial charge in [-0.3, -0.25) is 4.79 Å². The second-order valence-corrected chi connectivity index (χ2v) is 4.11. The molecule has 0 aliphatic carbocycles. The summed E-state index contributed by atoms with van der Waals surface area (Å²) in [5.74, 6) is -1.61. The Hall–Kier alpha value is -3.02. The number of phenols is 1. The number of nitrogens with two attached hydrogens (primary N) is 1. The van der Waals surface area contributed by atoms with Crippen molar-refractivity contribution in [1.82, 2.24) is 0 Å². The van der Waals surface area contributed by atoms with Crippen molar-refractivity contribution in [2.24, 2.45) is 0 Å². The van der Waals surface area contributed by atoms with Gasteiger partial charge in [-0.05, 0) is 42.5 Å². The molecule has 2 rings (SSSR count). The number of carboxylic acid groups (broad SMARTS) is 1. The number of amides is 1. The Balaban J connectivity index is 2.29. The molecule has 0 aliphatic rings. The van der Waals surface area contributed by atoms with Crippen molar-refractivity contribution in [2.75, 3.05) is 11.1 Å². The van der Waals surface area contributed by atoms with E-state index in [1.54, 1.807) is 0 Å². The molecule has 0 radical (unpaired) electrons. The SMILES string of the molecule is Nc1ccc(C(=O)O)c(NC(=O)c2ccc(O)cc2)c1. The summed E-state index contributed by atoms with van der Waals surface area (Å²) in [5.41, 5.74) is 6.29. The molecule has 1 amide bonds. The summed E-state index contributed by atoms with van der Waals surface area (Å²) >= 11 is 0. The molecule has 0 fully saturated rings. The lowest BCUT2D eigenvalue weighted by Crippen LogP contribution is -2.15. The molecule has 0 unspecified atom stereocenters. The monoisotopic (exact) mass is 272 g/mol. The molecule has 0 atom stereocenters. The predicted molar refractivity (Wildman–Crippen MR) is 73.9 cm³/mol. The highest BCUT2D eigenvalue weighted by molar-refractivity contribution is 6.08. The number of carbonyl (C=O) groups excluding carboxylic acids is 1. The van der Waals surface area contributed by atoms with E-state index in [1.807, 2.05) is 0 Å². The third-order valence-corrected chi connectivity index (χ3v) is 2.65. The molecule has 0 aliphatic heterocycles. The van der Waals surface area contributed by atoms with Gasteiger partial charge in [-0.2, -0.15) is 0 Å². The lowest BCUT2D eigenvalue weighted by Gasteiger charge is -2.09. The first-order valence-electron chi connectivity index (χ1n) is 5.70. The number of phenolic OH excluding ortho intramolecular Hbond substituents is 1. The van der Waals surface area contributed by atoms with Gasteiger partial charge >= 0.3 is 5.97 Å². The van der Waals surface area contributed by atoms with Crippen LogP contribution < -0.4 is 11.1 Å². The smallest absolute Gasteiger partial charge is 0.337 e. The Kier molecular flexibility index (Phi) is 3.56. The third kappa shape index (κ3) is 2.86. The lowest BCUT2D eigenvalue weighted by atomic mass is 10.1. The number of nitrogen functional groups attached to an aromatic ring is 1. The maximum atomic E-state index is 12.0. The van der Waals surface area contributed by atoms with Crippen LogP contribution in [0, 0.1) is 0 Å². The Bertz CT molecular complexity index is 665. The van der Waals surface area contributed by atoms with E-state index in [0.29, 0.717) is 11.3 Å². The minimum absolute atomic E-state index is 0.0386. The number of hydrogen-bond acceptors (Lipinski definition) is 4. The van der Waals surface area contributed by atoms with Gasteiger partial charge in [0.25, 0.3) is 5.91 Å². The highest BCUT2D eigenvalue weighted by Crippen LogP contribution is 2.20. The molecule has 20 heavy (non-hydrogen) atoms. The second-order valence-electron chi connectivity index (χ2n) is 4.11. The number of benzene rings is 2. The minimum Gasteiger partial charge on any atom is -0.508 e. The summed E-state index contributed by atoms with van der Waals surface area (Å²) in [7, 11) is 0. The summed E-state index contributed by atoms with van der Waals surface area (Å²) in [4.78, 5) is 23.1. The van der Waals surface area contributed by atoms with Crippen LogP contribution in [-0.2, 0) is 0 Å². The molecule has 0 bridgehead atoms. The van der Waals surface area contributed by atoms with E-state index in [2.05, 4.69) is 5.32 Å². The van der Waals surface area contributed by atoms with Crippen LogP contribution in [-0.4, -0.2) is 22.1 Å². The fourth-order valence-electron chi connectivity index (χ4n) is 1.66. The van der Waals surface area contributed by atoms with Gasteiger partial charge in [0.2, 0.25) is 0 Å². The normalized spacial score (nSPS) is 10.0. The lowest BCUT2D eigenvalue weighted by molar-refractivity contribution is 0.0698. The van der Waals surface area contributed by atoms with Crippen molar-refractivity contribution in [2.45, 2.75) is 0 Å².